The van der Waals surface area contributed by atoms with Crippen LogP contribution in [0, 0.1) is 0 Å². The third-order valence-electron chi connectivity index (χ3n) is 1.82. The van der Waals surface area contributed by atoms with Crippen LogP contribution in [0.5, 0.6) is 0 Å². The number of rotatable bonds is 5. The Bertz CT molecular complexity index is 377. The Kier molecular flexibility index (Phi) is 5.78. The van der Waals surface area contributed by atoms with E-state index in [4.69, 9.17) is 4.74 Å². The molecule has 1 heterocycles. The molecule has 0 bridgehead atoms. The van der Waals surface area contributed by atoms with Crippen LogP contribution >= 0.6 is 15.9 Å². The van der Waals surface area contributed by atoms with Crippen LogP contribution in [0.25, 0.3) is 6.08 Å². The van der Waals surface area contributed by atoms with E-state index in [1.807, 2.05) is 18.2 Å². The van der Waals surface area contributed by atoms with Crippen molar-refractivity contribution in [1.82, 2.24) is 4.98 Å². The third kappa shape index (κ3) is 4.14. The zero-order valence-corrected chi connectivity index (χ0v) is 10.7. The number of halogens is 1. The van der Waals surface area contributed by atoms with Crippen molar-refractivity contribution < 1.29 is 9.53 Å². The second-order valence-electron chi connectivity index (χ2n) is 3.05. The molecule has 0 N–H and O–H groups in total. The second-order valence-corrected chi connectivity index (χ2v) is 3.84. The average Bonchev–Trinajstić information content (AvgIpc) is 2.30. The zero-order chi connectivity index (χ0) is 11.8. The van der Waals surface area contributed by atoms with Crippen LogP contribution in [0.3, 0.4) is 0 Å². The highest BCUT2D eigenvalue weighted by atomic mass is 79.9. The van der Waals surface area contributed by atoms with E-state index in [9.17, 15) is 4.79 Å². The lowest BCUT2D eigenvalue weighted by atomic mass is 10.2. The van der Waals surface area contributed by atoms with E-state index in [-0.39, 0.29) is 5.97 Å². The Morgan fingerprint density at radius 2 is 2.38 bits per heavy atom. The summed E-state index contributed by atoms with van der Waals surface area (Å²) >= 11 is 3.34. The van der Waals surface area contributed by atoms with Crippen molar-refractivity contribution in [2.75, 3.05) is 11.9 Å². The average molecular weight is 284 g/mol. The van der Waals surface area contributed by atoms with Crippen LogP contribution < -0.4 is 0 Å². The molecule has 16 heavy (non-hydrogen) atoms. The van der Waals surface area contributed by atoms with E-state index in [0.717, 1.165) is 17.4 Å². The Morgan fingerprint density at radius 3 is 3.06 bits per heavy atom. The van der Waals surface area contributed by atoms with Crippen LogP contribution in [0.15, 0.2) is 24.3 Å². The minimum absolute atomic E-state index is 0.350. The molecule has 0 spiro atoms. The quantitative estimate of drug-likeness (QED) is 0.616. The van der Waals surface area contributed by atoms with Gasteiger partial charge >= 0.3 is 5.97 Å². The first-order chi connectivity index (χ1) is 7.77. The number of aromatic nitrogens is 1. The first-order valence-electron chi connectivity index (χ1n) is 5.14. The first-order valence-corrected chi connectivity index (χ1v) is 6.26. The van der Waals surface area contributed by atoms with Gasteiger partial charge in [0.25, 0.3) is 0 Å². The first kappa shape index (κ1) is 12.9. The van der Waals surface area contributed by atoms with Gasteiger partial charge in [-0.25, -0.2) is 9.78 Å². The van der Waals surface area contributed by atoms with Gasteiger partial charge in [0.15, 0.2) is 0 Å². The molecule has 3 nitrogen and oxygen atoms in total. The Balaban J connectivity index is 2.74. The Labute approximate surface area is 104 Å². The van der Waals surface area contributed by atoms with Gasteiger partial charge in [-0.1, -0.05) is 28.1 Å². The maximum absolute atomic E-state index is 11.4. The maximum atomic E-state index is 11.4. The molecule has 0 saturated carbocycles. The summed E-state index contributed by atoms with van der Waals surface area (Å²) in [5, 5.41) is 0.918. The minimum atomic E-state index is -0.377. The van der Waals surface area contributed by atoms with Crippen molar-refractivity contribution in [3.63, 3.8) is 0 Å². The van der Waals surface area contributed by atoms with E-state index in [0.29, 0.717) is 12.3 Å². The smallest absolute Gasteiger partial charge is 0.356 e. The van der Waals surface area contributed by atoms with Crippen LogP contribution in [0.2, 0.25) is 0 Å². The topological polar surface area (TPSA) is 39.2 Å². The number of hydrogen-bond donors (Lipinski definition) is 0. The standard InChI is InChI=1S/C12H14BrNO2/c1-2-16-12(15)11-8-5-7-10(14-11)6-3-4-9-13/h3,5-8H,2,4,9H2,1H3. The molecule has 0 atom stereocenters. The monoisotopic (exact) mass is 283 g/mol. The molecule has 0 aliphatic heterocycles. The second kappa shape index (κ2) is 7.17. The van der Waals surface area contributed by atoms with E-state index in [1.54, 1.807) is 19.1 Å². The summed E-state index contributed by atoms with van der Waals surface area (Å²) in [5.41, 5.74) is 1.12. The molecular weight excluding hydrogens is 270 g/mol. The summed E-state index contributed by atoms with van der Waals surface area (Å²) in [6.45, 7) is 2.14. The van der Waals surface area contributed by atoms with Gasteiger partial charge in [-0.15, -0.1) is 0 Å². The number of pyridine rings is 1. The number of alkyl halides is 1. The lowest BCUT2D eigenvalue weighted by Crippen LogP contribution is -2.07. The SMILES string of the molecule is CCOC(=O)c1cccc(C=CCCBr)n1. The number of ether oxygens (including phenoxy) is 1. The molecule has 1 aromatic heterocycles. The van der Waals surface area contributed by atoms with Gasteiger partial charge < -0.3 is 4.74 Å². The predicted molar refractivity (Wildman–Crippen MR) is 67.6 cm³/mol. The number of hydrogen-bond acceptors (Lipinski definition) is 3. The van der Waals surface area contributed by atoms with Crippen molar-refractivity contribution >= 4 is 28.0 Å². The molecule has 0 saturated heterocycles. The van der Waals surface area contributed by atoms with Crippen molar-refractivity contribution in [3.8, 4) is 0 Å². The molecule has 0 aliphatic rings. The third-order valence-corrected chi connectivity index (χ3v) is 2.28. The minimum Gasteiger partial charge on any atom is -0.461 e. The molecule has 0 aliphatic carbocycles. The van der Waals surface area contributed by atoms with Gasteiger partial charge in [0, 0.05) is 5.33 Å². The van der Waals surface area contributed by atoms with Crippen LogP contribution in [-0.4, -0.2) is 22.9 Å². The molecular formula is C12H14BrNO2. The summed E-state index contributed by atoms with van der Waals surface area (Å²) in [6.07, 6.45) is 4.83. The highest BCUT2D eigenvalue weighted by Gasteiger charge is 2.07. The van der Waals surface area contributed by atoms with E-state index >= 15 is 0 Å². The fourth-order valence-electron chi connectivity index (χ4n) is 1.13. The van der Waals surface area contributed by atoms with Gasteiger partial charge in [-0.05, 0) is 31.6 Å². The lowest BCUT2D eigenvalue weighted by Gasteiger charge is -2.01. The Morgan fingerprint density at radius 1 is 1.56 bits per heavy atom. The van der Waals surface area contributed by atoms with E-state index in [2.05, 4.69) is 20.9 Å². The number of allylic oxidation sites excluding steroid dienone is 1. The largest absolute Gasteiger partial charge is 0.461 e. The van der Waals surface area contributed by atoms with Crippen LogP contribution in [0.4, 0.5) is 0 Å². The molecule has 0 radical (unpaired) electrons. The van der Waals surface area contributed by atoms with Crippen LogP contribution in [0.1, 0.15) is 29.5 Å². The van der Waals surface area contributed by atoms with Gasteiger partial charge in [0.2, 0.25) is 0 Å². The summed E-state index contributed by atoms with van der Waals surface area (Å²) in [7, 11) is 0. The van der Waals surface area contributed by atoms with Gasteiger partial charge in [-0.3, -0.25) is 0 Å². The number of nitrogens with zero attached hydrogens (tertiary/aromatic N) is 1. The normalized spacial score (nSPS) is 10.6. The van der Waals surface area contributed by atoms with Gasteiger partial charge in [-0.2, -0.15) is 0 Å². The van der Waals surface area contributed by atoms with Crippen molar-refractivity contribution in [3.05, 3.63) is 35.7 Å². The van der Waals surface area contributed by atoms with E-state index < -0.39 is 0 Å². The molecule has 1 rings (SSSR count). The van der Waals surface area contributed by atoms with Gasteiger partial charge in [0.1, 0.15) is 5.69 Å². The molecule has 0 amide bonds. The molecule has 86 valence electrons. The number of carbonyl (C=O) groups excluding carboxylic acids is 1. The molecule has 0 fully saturated rings. The highest BCUT2D eigenvalue weighted by Crippen LogP contribution is 2.04. The fourth-order valence-corrected chi connectivity index (χ4v) is 1.39. The fraction of sp³-hybridized carbons (Fsp3) is 0.333. The number of esters is 1. The maximum Gasteiger partial charge on any atom is 0.356 e. The lowest BCUT2D eigenvalue weighted by molar-refractivity contribution is 0.0519. The van der Waals surface area contributed by atoms with Crippen molar-refractivity contribution in [2.45, 2.75) is 13.3 Å². The molecule has 4 heteroatoms. The predicted octanol–water partition coefficient (Wildman–Crippen LogP) is 3.06. The van der Waals surface area contributed by atoms with Crippen molar-refractivity contribution in [2.24, 2.45) is 0 Å². The highest BCUT2D eigenvalue weighted by molar-refractivity contribution is 9.09. The molecule has 0 unspecified atom stereocenters. The summed E-state index contributed by atoms with van der Waals surface area (Å²) in [4.78, 5) is 15.6. The molecule has 1 aromatic rings. The number of carbonyl (C=O) groups is 1. The summed E-state index contributed by atoms with van der Waals surface area (Å²) < 4.78 is 4.88. The van der Waals surface area contributed by atoms with Crippen molar-refractivity contribution in [1.29, 1.82) is 0 Å². The summed E-state index contributed by atoms with van der Waals surface area (Å²) in [5.74, 6) is -0.377. The molecule has 0 aromatic carbocycles. The Hall–Kier alpha value is -1.16. The van der Waals surface area contributed by atoms with Crippen LogP contribution in [-0.2, 0) is 4.74 Å². The van der Waals surface area contributed by atoms with Gasteiger partial charge in [0.05, 0.1) is 12.3 Å². The zero-order valence-electron chi connectivity index (χ0n) is 9.15. The summed E-state index contributed by atoms with van der Waals surface area (Å²) in [6, 6.07) is 5.31. The van der Waals surface area contributed by atoms with E-state index in [1.165, 1.54) is 0 Å².